The summed E-state index contributed by atoms with van der Waals surface area (Å²) >= 11 is 0. The fraction of sp³-hybridized carbons (Fsp3) is 0.667. The molecular formula is C18H26N2O4. The third-order valence-corrected chi connectivity index (χ3v) is 5.54. The zero-order chi connectivity index (χ0) is 17.0. The SMILES string of the molecule is COC[C@H]1COCCC12CCN(C(=O)c1cccnc1OC)CC2. The van der Waals surface area contributed by atoms with Crippen molar-refractivity contribution in [2.24, 2.45) is 11.3 Å². The van der Waals surface area contributed by atoms with Gasteiger partial charge in [0.2, 0.25) is 5.88 Å². The summed E-state index contributed by atoms with van der Waals surface area (Å²) in [4.78, 5) is 18.9. The summed E-state index contributed by atoms with van der Waals surface area (Å²) in [6.07, 6.45) is 4.69. The van der Waals surface area contributed by atoms with Crippen molar-refractivity contribution in [2.45, 2.75) is 19.3 Å². The maximum atomic E-state index is 12.8. The molecule has 132 valence electrons. The summed E-state index contributed by atoms with van der Waals surface area (Å²) in [7, 11) is 3.29. The number of likely N-dealkylation sites (tertiary alicyclic amines) is 1. The number of carbonyl (C=O) groups excluding carboxylic acids is 1. The summed E-state index contributed by atoms with van der Waals surface area (Å²) in [5, 5.41) is 0. The number of pyridine rings is 1. The van der Waals surface area contributed by atoms with Gasteiger partial charge < -0.3 is 19.1 Å². The number of rotatable bonds is 4. The number of hydrogen-bond donors (Lipinski definition) is 0. The standard InChI is InChI=1S/C18H26N2O4/c1-22-12-14-13-24-11-7-18(14)5-9-20(10-6-18)17(21)15-4-3-8-19-16(15)23-2/h3-4,8,14H,5-7,9-13H2,1-2H3/t14-/m0/s1. The van der Waals surface area contributed by atoms with Gasteiger partial charge in [0, 0.05) is 38.9 Å². The molecule has 0 unspecified atom stereocenters. The van der Waals surface area contributed by atoms with E-state index in [4.69, 9.17) is 14.2 Å². The van der Waals surface area contributed by atoms with Crippen LogP contribution >= 0.6 is 0 Å². The largest absolute Gasteiger partial charge is 0.480 e. The van der Waals surface area contributed by atoms with Gasteiger partial charge in [-0.1, -0.05) is 0 Å². The first-order valence-corrected chi connectivity index (χ1v) is 8.55. The van der Waals surface area contributed by atoms with Crippen LogP contribution in [-0.2, 0) is 9.47 Å². The lowest BCUT2D eigenvalue weighted by Gasteiger charge is -2.48. The van der Waals surface area contributed by atoms with Crippen molar-refractivity contribution in [1.29, 1.82) is 0 Å². The summed E-state index contributed by atoms with van der Waals surface area (Å²) in [5.41, 5.74) is 0.778. The Bertz CT molecular complexity index is 568. The van der Waals surface area contributed by atoms with Gasteiger partial charge in [-0.25, -0.2) is 4.98 Å². The number of nitrogens with zero attached hydrogens (tertiary/aromatic N) is 2. The van der Waals surface area contributed by atoms with Crippen molar-refractivity contribution in [3.05, 3.63) is 23.9 Å². The molecule has 0 radical (unpaired) electrons. The molecule has 1 aromatic heterocycles. The number of carbonyl (C=O) groups is 1. The van der Waals surface area contributed by atoms with Crippen LogP contribution in [0.2, 0.25) is 0 Å². The highest BCUT2D eigenvalue weighted by atomic mass is 16.5. The highest BCUT2D eigenvalue weighted by molar-refractivity contribution is 5.96. The third kappa shape index (κ3) is 3.26. The van der Waals surface area contributed by atoms with Crippen molar-refractivity contribution in [1.82, 2.24) is 9.88 Å². The van der Waals surface area contributed by atoms with Gasteiger partial charge >= 0.3 is 0 Å². The molecule has 0 aromatic carbocycles. The van der Waals surface area contributed by atoms with Crippen molar-refractivity contribution in [3.63, 3.8) is 0 Å². The molecule has 3 heterocycles. The molecule has 2 fully saturated rings. The van der Waals surface area contributed by atoms with Gasteiger partial charge in [-0.05, 0) is 36.8 Å². The van der Waals surface area contributed by atoms with Gasteiger partial charge in [0.05, 0.1) is 20.3 Å². The van der Waals surface area contributed by atoms with E-state index in [-0.39, 0.29) is 11.3 Å². The average molecular weight is 334 g/mol. The molecule has 2 aliphatic heterocycles. The Labute approximate surface area is 143 Å². The summed E-state index contributed by atoms with van der Waals surface area (Å²) in [6.45, 7) is 3.82. The van der Waals surface area contributed by atoms with Crippen LogP contribution in [0.15, 0.2) is 18.3 Å². The van der Waals surface area contributed by atoms with E-state index in [1.54, 1.807) is 32.5 Å². The number of aromatic nitrogens is 1. The first-order chi connectivity index (χ1) is 11.7. The van der Waals surface area contributed by atoms with Crippen LogP contribution in [0.25, 0.3) is 0 Å². The molecular weight excluding hydrogens is 308 g/mol. The molecule has 2 aliphatic rings. The fourth-order valence-electron chi connectivity index (χ4n) is 4.01. The Kier molecular flexibility index (Phi) is 5.36. The van der Waals surface area contributed by atoms with Crippen LogP contribution in [0, 0.1) is 11.3 Å². The smallest absolute Gasteiger partial charge is 0.259 e. The molecule has 0 bridgehead atoms. The quantitative estimate of drug-likeness (QED) is 0.843. The van der Waals surface area contributed by atoms with Gasteiger partial charge in [0.1, 0.15) is 5.56 Å². The Morgan fingerprint density at radius 2 is 2.17 bits per heavy atom. The van der Waals surface area contributed by atoms with E-state index in [1.165, 1.54) is 0 Å². The van der Waals surface area contributed by atoms with Gasteiger partial charge in [-0.15, -0.1) is 0 Å². The summed E-state index contributed by atoms with van der Waals surface area (Å²) in [5.74, 6) is 0.817. The number of hydrogen-bond acceptors (Lipinski definition) is 5. The van der Waals surface area contributed by atoms with Crippen molar-refractivity contribution in [2.75, 3.05) is 47.1 Å². The zero-order valence-electron chi connectivity index (χ0n) is 14.5. The summed E-state index contributed by atoms with van der Waals surface area (Å²) in [6, 6.07) is 3.55. The monoisotopic (exact) mass is 334 g/mol. The fourth-order valence-corrected chi connectivity index (χ4v) is 4.01. The predicted molar refractivity (Wildman–Crippen MR) is 89.2 cm³/mol. The van der Waals surface area contributed by atoms with E-state index in [2.05, 4.69) is 4.98 Å². The minimum absolute atomic E-state index is 0.00477. The molecule has 2 saturated heterocycles. The van der Waals surface area contributed by atoms with Crippen molar-refractivity contribution >= 4 is 5.91 Å². The predicted octanol–water partition coefficient (Wildman–Crippen LogP) is 2.00. The maximum absolute atomic E-state index is 12.8. The van der Waals surface area contributed by atoms with E-state index in [0.29, 0.717) is 17.4 Å². The Morgan fingerprint density at radius 3 is 2.88 bits per heavy atom. The molecule has 3 rings (SSSR count). The Hall–Kier alpha value is -1.66. The molecule has 1 aromatic rings. The first kappa shape index (κ1) is 17.2. The first-order valence-electron chi connectivity index (χ1n) is 8.55. The number of methoxy groups -OCH3 is 2. The zero-order valence-corrected chi connectivity index (χ0v) is 14.5. The molecule has 1 amide bonds. The van der Waals surface area contributed by atoms with E-state index in [1.807, 2.05) is 4.90 Å². The van der Waals surface area contributed by atoms with Gasteiger partial charge in [0.15, 0.2) is 0 Å². The van der Waals surface area contributed by atoms with E-state index in [0.717, 1.165) is 52.2 Å². The van der Waals surface area contributed by atoms with Crippen LogP contribution in [0.4, 0.5) is 0 Å². The van der Waals surface area contributed by atoms with E-state index in [9.17, 15) is 4.79 Å². The van der Waals surface area contributed by atoms with Crippen LogP contribution in [0.3, 0.4) is 0 Å². The second-order valence-electron chi connectivity index (χ2n) is 6.69. The average Bonchev–Trinajstić information content (AvgIpc) is 2.64. The molecule has 24 heavy (non-hydrogen) atoms. The Morgan fingerprint density at radius 1 is 1.38 bits per heavy atom. The number of amides is 1. The molecule has 1 spiro atoms. The van der Waals surface area contributed by atoms with Crippen LogP contribution in [-0.4, -0.2) is 62.9 Å². The van der Waals surface area contributed by atoms with Crippen LogP contribution in [0.1, 0.15) is 29.6 Å². The van der Waals surface area contributed by atoms with Crippen LogP contribution < -0.4 is 4.74 Å². The highest BCUT2D eigenvalue weighted by Gasteiger charge is 2.44. The minimum atomic E-state index is 0.00477. The lowest BCUT2D eigenvalue weighted by Crippen LogP contribution is -2.50. The second-order valence-corrected chi connectivity index (χ2v) is 6.69. The highest BCUT2D eigenvalue weighted by Crippen LogP contribution is 2.45. The lowest BCUT2D eigenvalue weighted by molar-refractivity contribution is -0.0912. The Balaban J connectivity index is 1.69. The normalized spacial score (nSPS) is 23.2. The summed E-state index contributed by atoms with van der Waals surface area (Å²) < 4.78 is 16.3. The molecule has 6 heteroatoms. The molecule has 0 saturated carbocycles. The number of ether oxygens (including phenoxy) is 3. The lowest BCUT2D eigenvalue weighted by atomic mass is 9.66. The van der Waals surface area contributed by atoms with Crippen molar-refractivity contribution < 1.29 is 19.0 Å². The molecule has 0 N–H and O–H groups in total. The van der Waals surface area contributed by atoms with Gasteiger partial charge in [-0.2, -0.15) is 0 Å². The van der Waals surface area contributed by atoms with Gasteiger partial charge in [0.25, 0.3) is 5.91 Å². The number of piperidine rings is 1. The third-order valence-electron chi connectivity index (χ3n) is 5.54. The van der Waals surface area contributed by atoms with Gasteiger partial charge in [-0.3, -0.25) is 4.79 Å². The molecule has 0 aliphatic carbocycles. The maximum Gasteiger partial charge on any atom is 0.259 e. The van der Waals surface area contributed by atoms with E-state index < -0.39 is 0 Å². The molecule has 1 atom stereocenters. The molecule has 6 nitrogen and oxygen atoms in total. The topological polar surface area (TPSA) is 60.9 Å². The second kappa shape index (κ2) is 7.49. The van der Waals surface area contributed by atoms with Crippen molar-refractivity contribution in [3.8, 4) is 5.88 Å². The minimum Gasteiger partial charge on any atom is -0.480 e. The van der Waals surface area contributed by atoms with Crippen LogP contribution in [0.5, 0.6) is 5.88 Å². The van der Waals surface area contributed by atoms with E-state index >= 15 is 0 Å².